The van der Waals surface area contributed by atoms with Crippen molar-refractivity contribution < 1.29 is 4.79 Å². The molecule has 0 atom stereocenters. The Balaban J connectivity index is 2.18. The predicted molar refractivity (Wildman–Crippen MR) is 69.1 cm³/mol. The van der Waals surface area contributed by atoms with Crippen LogP contribution in [0.5, 0.6) is 0 Å². The number of nitrogens with zero attached hydrogens (tertiary/aromatic N) is 1. The Morgan fingerprint density at radius 2 is 1.88 bits per heavy atom. The van der Waals surface area contributed by atoms with Gasteiger partial charge in [0, 0.05) is 6.20 Å². The van der Waals surface area contributed by atoms with Gasteiger partial charge in [-0.3, -0.25) is 4.79 Å². The first-order valence-corrected chi connectivity index (χ1v) is 5.53. The van der Waals surface area contributed by atoms with Gasteiger partial charge >= 0.3 is 0 Å². The molecule has 0 aliphatic heterocycles. The second kappa shape index (κ2) is 5.41. The van der Waals surface area contributed by atoms with E-state index in [-0.39, 0.29) is 10.9 Å². The molecule has 0 bridgehead atoms. The monoisotopic (exact) mass is 243 g/mol. The zero-order valence-electron chi connectivity index (χ0n) is 9.01. The second-order valence-electron chi connectivity index (χ2n) is 3.45. The van der Waals surface area contributed by atoms with Crippen LogP contribution in [0.1, 0.15) is 15.9 Å². The number of carbonyl (C=O) groups excluding carboxylic acids is 1. The third-order valence-electron chi connectivity index (χ3n) is 2.25. The molecule has 84 valence electrons. The van der Waals surface area contributed by atoms with E-state index in [1.807, 2.05) is 30.3 Å². The Morgan fingerprint density at radius 1 is 1.12 bits per heavy atom. The minimum absolute atomic E-state index is 0.146. The van der Waals surface area contributed by atoms with E-state index in [0.29, 0.717) is 5.56 Å². The third kappa shape index (κ3) is 3.02. The Kier molecular flexibility index (Phi) is 3.68. The molecule has 1 aromatic carbocycles. The maximum absolute atomic E-state index is 11.8. The highest BCUT2D eigenvalue weighted by atomic mass is 35.5. The highest BCUT2D eigenvalue weighted by Crippen LogP contribution is 2.13. The number of halogens is 1. The van der Waals surface area contributed by atoms with E-state index in [9.17, 15) is 4.79 Å². The summed E-state index contributed by atoms with van der Waals surface area (Å²) >= 11 is 5.84. The topological polar surface area (TPSA) is 30.0 Å². The molecule has 0 aliphatic rings. The Labute approximate surface area is 105 Å². The van der Waals surface area contributed by atoms with E-state index in [1.165, 1.54) is 6.08 Å². The van der Waals surface area contributed by atoms with Crippen LogP contribution in [0, 0.1) is 0 Å². The highest BCUT2D eigenvalue weighted by Gasteiger charge is 2.06. The SMILES string of the molecule is O=C(C=Cc1ccccc1)c1cccnc1Cl. The summed E-state index contributed by atoms with van der Waals surface area (Å²) in [6, 6.07) is 13.0. The van der Waals surface area contributed by atoms with Crippen LogP contribution in [0.4, 0.5) is 0 Å². The van der Waals surface area contributed by atoms with Gasteiger partial charge in [-0.2, -0.15) is 0 Å². The standard InChI is InChI=1S/C14H10ClNO/c15-14-12(7-4-10-16-14)13(17)9-8-11-5-2-1-3-6-11/h1-10H. The molecule has 2 rings (SSSR count). The van der Waals surface area contributed by atoms with Crippen LogP contribution in [0.25, 0.3) is 6.08 Å². The molecule has 0 fully saturated rings. The van der Waals surface area contributed by atoms with Crippen molar-refractivity contribution in [3.05, 3.63) is 71.0 Å². The van der Waals surface area contributed by atoms with Gasteiger partial charge in [0.05, 0.1) is 5.56 Å². The average Bonchev–Trinajstić information content (AvgIpc) is 2.38. The van der Waals surface area contributed by atoms with Crippen molar-refractivity contribution in [1.29, 1.82) is 0 Å². The van der Waals surface area contributed by atoms with Crippen LogP contribution in [0.3, 0.4) is 0 Å². The minimum Gasteiger partial charge on any atom is -0.289 e. The Bertz CT molecular complexity index is 549. The molecule has 0 amide bonds. The molecule has 0 saturated heterocycles. The minimum atomic E-state index is -0.146. The number of ketones is 1. The summed E-state index contributed by atoms with van der Waals surface area (Å²) in [5.41, 5.74) is 1.39. The number of allylic oxidation sites excluding steroid dienone is 1. The number of carbonyl (C=O) groups is 1. The Hall–Kier alpha value is -1.93. The summed E-state index contributed by atoms with van der Waals surface area (Å²) in [7, 11) is 0. The maximum Gasteiger partial charge on any atom is 0.188 e. The fourth-order valence-corrected chi connectivity index (χ4v) is 1.61. The lowest BCUT2D eigenvalue weighted by Gasteiger charge is -1.97. The maximum atomic E-state index is 11.8. The van der Waals surface area contributed by atoms with Crippen molar-refractivity contribution in [2.75, 3.05) is 0 Å². The van der Waals surface area contributed by atoms with Gasteiger partial charge in [0.1, 0.15) is 5.15 Å². The van der Waals surface area contributed by atoms with Gasteiger partial charge in [0.2, 0.25) is 0 Å². The first-order chi connectivity index (χ1) is 8.27. The lowest BCUT2D eigenvalue weighted by molar-refractivity contribution is 0.104. The average molecular weight is 244 g/mol. The van der Waals surface area contributed by atoms with Crippen molar-refractivity contribution in [2.45, 2.75) is 0 Å². The summed E-state index contributed by atoms with van der Waals surface area (Å²) in [6.07, 6.45) is 4.81. The number of benzene rings is 1. The van der Waals surface area contributed by atoms with Crippen molar-refractivity contribution in [1.82, 2.24) is 4.98 Å². The molecule has 0 radical (unpaired) electrons. The molecule has 0 aliphatic carbocycles. The predicted octanol–water partition coefficient (Wildman–Crippen LogP) is 3.63. The molecule has 0 spiro atoms. The van der Waals surface area contributed by atoms with Gasteiger partial charge in [0.25, 0.3) is 0 Å². The number of hydrogen-bond acceptors (Lipinski definition) is 2. The smallest absolute Gasteiger partial charge is 0.188 e. The van der Waals surface area contributed by atoms with Crippen LogP contribution < -0.4 is 0 Å². The molecular weight excluding hydrogens is 234 g/mol. The van der Waals surface area contributed by atoms with Crippen molar-refractivity contribution in [2.24, 2.45) is 0 Å². The molecular formula is C14H10ClNO. The number of aromatic nitrogens is 1. The first-order valence-electron chi connectivity index (χ1n) is 5.15. The van der Waals surface area contributed by atoms with Gasteiger partial charge in [-0.1, -0.05) is 48.0 Å². The number of rotatable bonds is 3. The van der Waals surface area contributed by atoms with E-state index < -0.39 is 0 Å². The van der Waals surface area contributed by atoms with Crippen molar-refractivity contribution >= 4 is 23.5 Å². The van der Waals surface area contributed by atoms with Crippen LogP contribution in [0.15, 0.2) is 54.7 Å². The zero-order valence-corrected chi connectivity index (χ0v) is 9.76. The molecule has 3 heteroatoms. The highest BCUT2D eigenvalue weighted by molar-refractivity contribution is 6.33. The van der Waals surface area contributed by atoms with Crippen LogP contribution in [-0.4, -0.2) is 10.8 Å². The van der Waals surface area contributed by atoms with Gasteiger partial charge in [-0.25, -0.2) is 4.98 Å². The molecule has 2 aromatic rings. The van der Waals surface area contributed by atoms with Gasteiger partial charge in [0.15, 0.2) is 5.78 Å². The van der Waals surface area contributed by atoms with Gasteiger partial charge < -0.3 is 0 Å². The van der Waals surface area contributed by atoms with E-state index in [2.05, 4.69) is 4.98 Å². The normalized spacial score (nSPS) is 10.6. The molecule has 17 heavy (non-hydrogen) atoms. The summed E-state index contributed by atoms with van der Waals surface area (Å²) in [5, 5.41) is 0.232. The van der Waals surface area contributed by atoms with Crippen molar-refractivity contribution in [3.8, 4) is 0 Å². The fourth-order valence-electron chi connectivity index (χ4n) is 1.40. The van der Waals surface area contributed by atoms with E-state index in [1.54, 1.807) is 24.4 Å². The van der Waals surface area contributed by atoms with Crippen LogP contribution in [-0.2, 0) is 0 Å². The summed E-state index contributed by atoms with van der Waals surface area (Å²) < 4.78 is 0. The summed E-state index contributed by atoms with van der Waals surface area (Å²) in [6.45, 7) is 0. The third-order valence-corrected chi connectivity index (χ3v) is 2.55. The van der Waals surface area contributed by atoms with E-state index in [4.69, 9.17) is 11.6 Å². The van der Waals surface area contributed by atoms with E-state index >= 15 is 0 Å². The molecule has 0 unspecified atom stereocenters. The summed E-state index contributed by atoms with van der Waals surface area (Å²) in [5.74, 6) is -0.146. The first kappa shape index (κ1) is 11.6. The molecule has 0 saturated carbocycles. The van der Waals surface area contributed by atoms with Crippen molar-refractivity contribution in [3.63, 3.8) is 0 Å². The summed E-state index contributed by atoms with van der Waals surface area (Å²) in [4.78, 5) is 15.7. The second-order valence-corrected chi connectivity index (χ2v) is 3.81. The Morgan fingerprint density at radius 3 is 2.59 bits per heavy atom. The van der Waals surface area contributed by atoms with E-state index in [0.717, 1.165) is 5.56 Å². The fraction of sp³-hybridized carbons (Fsp3) is 0. The molecule has 1 aromatic heterocycles. The molecule has 2 nitrogen and oxygen atoms in total. The molecule has 1 heterocycles. The van der Waals surface area contributed by atoms with Gasteiger partial charge in [-0.15, -0.1) is 0 Å². The quantitative estimate of drug-likeness (QED) is 0.468. The molecule has 0 N–H and O–H groups in total. The lowest BCUT2D eigenvalue weighted by Crippen LogP contribution is -1.96. The van der Waals surface area contributed by atoms with Crippen LogP contribution >= 0.6 is 11.6 Å². The number of hydrogen-bond donors (Lipinski definition) is 0. The van der Waals surface area contributed by atoms with Crippen LogP contribution in [0.2, 0.25) is 5.15 Å². The largest absolute Gasteiger partial charge is 0.289 e. The van der Waals surface area contributed by atoms with Gasteiger partial charge in [-0.05, 0) is 23.8 Å². The lowest BCUT2D eigenvalue weighted by atomic mass is 10.1. The number of pyridine rings is 1. The zero-order chi connectivity index (χ0) is 12.1.